The number of piperidine rings is 1. The SMILES string of the molecule is O=C(c1ccco1)N1CCC2OCCCC2(COCc2ccccn2)C1. The summed E-state index contributed by atoms with van der Waals surface area (Å²) in [4.78, 5) is 18.9. The molecule has 1 amide bonds. The molecule has 2 saturated heterocycles. The molecular weight excluding hydrogens is 332 g/mol. The van der Waals surface area contributed by atoms with Gasteiger partial charge in [0.15, 0.2) is 5.76 Å². The first kappa shape index (κ1) is 17.2. The predicted molar refractivity (Wildman–Crippen MR) is 94.5 cm³/mol. The van der Waals surface area contributed by atoms with Crippen molar-refractivity contribution in [3.8, 4) is 0 Å². The Kier molecular flexibility index (Phi) is 5.04. The molecule has 0 bridgehead atoms. The van der Waals surface area contributed by atoms with E-state index >= 15 is 0 Å². The number of ether oxygens (including phenoxy) is 2. The van der Waals surface area contributed by atoms with Crippen LogP contribution in [0, 0.1) is 5.41 Å². The molecule has 2 fully saturated rings. The molecule has 26 heavy (non-hydrogen) atoms. The van der Waals surface area contributed by atoms with Crippen molar-refractivity contribution in [3.63, 3.8) is 0 Å². The smallest absolute Gasteiger partial charge is 0.289 e. The molecule has 0 N–H and O–H groups in total. The maximum absolute atomic E-state index is 12.7. The third kappa shape index (κ3) is 3.52. The lowest BCUT2D eigenvalue weighted by Crippen LogP contribution is -2.58. The lowest BCUT2D eigenvalue weighted by molar-refractivity contribution is -0.149. The van der Waals surface area contributed by atoms with E-state index in [0.717, 1.165) is 31.6 Å². The Bertz CT molecular complexity index is 719. The fourth-order valence-corrected chi connectivity index (χ4v) is 4.07. The summed E-state index contributed by atoms with van der Waals surface area (Å²) < 4.78 is 17.4. The number of rotatable bonds is 5. The quantitative estimate of drug-likeness (QED) is 0.824. The molecule has 2 aromatic heterocycles. The predicted octanol–water partition coefficient (Wildman–Crippen LogP) is 2.90. The van der Waals surface area contributed by atoms with Crippen molar-refractivity contribution < 1.29 is 18.7 Å². The van der Waals surface area contributed by atoms with Crippen molar-refractivity contribution in [2.45, 2.75) is 32.0 Å². The van der Waals surface area contributed by atoms with E-state index in [9.17, 15) is 4.79 Å². The average molecular weight is 356 g/mol. The van der Waals surface area contributed by atoms with E-state index in [4.69, 9.17) is 13.9 Å². The van der Waals surface area contributed by atoms with Gasteiger partial charge in [0.1, 0.15) is 0 Å². The van der Waals surface area contributed by atoms with Gasteiger partial charge in [-0.1, -0.05) is 6.07 Å². The minimum absolute atomic E-state index is 0.0527. The van der Waals surface area contributed by atoms with Crippen LogP contribution in [-0.4, -0.2) is 48.2 Å². The van der Waals surface area contributed by atoms with E-state index in [2.05, 4.69) is 4.98 Å². The Hall–Kier alpha value is -2.18. The molecule has 0 aromatic carbocycles. The molecule has 2 aliphatic heterocycles. The van der Waals surface area contributed by atoms with Crippen molar-refractivity contribution in [1.82, 2.24) is 9.88 Å². The van der Waals surface area contributed by atoms with E-state index in [1.54, 1.807) is 18.3 Å². The second-order valence-electron chi connectivity index (χ2n) is 7.13. The third-order valence-corrected chi connectivity index (χ3v) is 5.37. The minimum Gasteiger partial charge on any atom is -0.459 e. The fraction of sp³-hybridized carbons (Fsp3) is 0.500. The van der Waals surface area contributed by atoms with Gasteiger partial charge in [-0.15, -0.1) is 0 Å². The molecular formula is C20H24N2O4. The zero-order valence-corrected chi connectivity index (χ0v) is 14.8. The Morgan fingerprint density at radius 3 is 3.12 bits per heavy atom. The van der Waals surface area contributed by atoms with Gasteiger partial charge in [-0.25, -0.2) is 0 Å². The maximum atomic E-state index is 12.7. The lowest BCUT2D eigenvalue weighted by atomic mass is 9.73. The summed E-state index contributed by atoms with van der Waals surface area (Å²) >= 11 is 0. The molecule has 138 valence electrons. The molecule has 0 aliphatic carbocycles. The topological polar surface area (TPSA) is 64.8 Å². The normalized spacial score (nSPS) is 25.7. The van der Waals surface area contributed by atoms with E-state index in [-0.39, 0.29) is 17.4 Å². The van der Waals surface area contributed by atoms with Crippen LogP contribution in [0.5, 0.6) is 0 Å². The molecule has 0 saturated carbocycles. The van der Waals surface area contributed by atoms with Gasteiger partial charge in [0.2, 0.25) is 0 Å². The molecule has 2 atom stereocenters. The first-order valence-electron chi connectivity index (χ1n) is 9.19. The van der Waals surface area contributed by atoms with Gasteiger partial charge in [-0.3, -0.25) is 9.78 Å². The lowest BCUT2D eigenvalue weighted by Gasteiger charge is -2.50. The third-order valence-electron chi connectivity index (χ3n) is 5.37. The van der Waals surface area contributed by atoms with Crippen molar-refractivity contribution >= 4 is 5.91 Å². The molecule has 0 spiro atoms. The van der Waals surface area contributed by atoms with Crippen molar-refractivity contribution in [2.75, 3.05) is 26.3 Å². The number of aromatic nitrogens is 1. The molecule has 6 heteroatoms. The second kappa shape index (κ2) is 7.60. The van der Waals surface area contributed by atoms with Gasteiger partial charge >= 0.3 is 0 Å². The van der Waals surface area contributed by atoms with Gasteiger partial charge in [-0.2, -0.15) is 0 Å². The number of fused-ring (bicyclic) bond motifs is 1. The molecule has 2 unspecified atom stereocenters. The summed E-state index contributed by atoms with van der Waals surface area (Å²) in [6.45, 7) is 3.15. The van der Waals surface area contributed by atoms with Crippen LogP contribution in [0.1, 0.15) is 35.5 Å². The van der Waals surface area contributed by atoms with Gasteiger partial charge in [-0.05, 0) is 43.5 Å². The molecule has 2 aliphatic rings. The van der Waals surface area contributed by atoms with Gasteiger partial charge in [0, 0.05) is 31.3 Å². The number of pyridine rings is 1. The first-order chi connectivity index (χ1) is 12.8. The number of hydrogen-bond acceptors (Lipinski definition) is 5. The van der Waals surface area contributed by atoms with Crippen LogP contribution in [0.4, 0.5) is 0 Å². The number of nitrogens with zero attached hydrogens (tertiary/aromatic N) is 2. The minimum atomic E-state index is -0.159. The largest absolute Gasteiger partial charge is 0.459 e. The number of carbonyl (C=O) groups excluding carboxylic acids is 1. The molecule has 4 rings (SSSR count). The van der Waals surface area contributed by atoms with E-state index in [0.29, 0.717) is 32.1 Å². The Morgan fingerprint density at radius 1 is 1.35 bits per heavy atom. The highest BCUT2D eigenvalue weighted by Crippen LogP contribution is 2.41. The second-order valence-corrected chi connectivity index (χ2v) is 7.13. The highest BCUT2D eigenvalue weighted by molar-refractivity contribution is 5.91. The highest BCUT2D eigenvalue weighted by Gasteiger charge is 2.47. The zero-order chi connectivity index (χ0) is 17.8. The maximum Gasteiger partial charge on any atom is 0.289 e. The highest BCUT2D eigenvalue weighted by atomic mass is 16.5. The number of furan rings is 1. The zero-order valence-electron chi connectivity index (χ0n) is 14.8. The van der Waals surface area contributed by atoms with Crippen LogP contribution in [-0.2, 0) is 16.1 Å². The summed E-state index contributed by atoms with van der Waals surface area (Å²) in [5.41, 5.74) is 0.754. The first-order valence-corrected chi connectivity index (χ1v) is 9.19. The summed E-state index contributed by atoms with van der Waals surface area (Å²) in [5.74, 6) is 0.341. The fourth-order valence-electron chi connectivity index (χ4n) is 4.07. The molecule has 6 nitrogen and oxygen atoms in total. The molecule has 0 radical (unpaired) electrons. The van der Waals surface area contributed by atoms with Gasteiger partial charge < -0.3 is 18.8 Å². The van der Waals surface area contributed by atoms with E-state index < -0.39 is 0 Å². The Balaban J connectivity index is 1.45. The van der Waals surface area contributed by atoms with Gasteiger partial charge in [0.05, 0.1) is 31.3 Å². The molecule has 2 aromatic rings. The van der Waals surface area contributed by atoms with Crippen molar-refractivity contribution in [1.29, 1.82) is 0 Å². The summed E-state index contributed by atoms with van der Waals surface area (Å²) in [7, 11) is 0. The number of amides is 1. The Labute approximate surface area is 153 Å². The van der Waals surface area contributed by atoms with Crippen molar-refractivity contribution in [2.24, 2.45) is 5.41 Å². The van der Waals surface area contributed by atoms with E-state index in [1.807, 2.05) is 23.1 Å². The average Bonchev–Trinajstić information content (AvgIpc) is 3.22. The number of likely N-dealkylation sites (tertiary alicyclic amines) is 1. The molecule has 4 heterocycles. The standard InChI is InChI=1S/C20H24N2O4/c23-19(17-6-3-11-25-17)22-10-7-18-20(14-22,8-4-12-26-18)15-24-13-16-5-1-2-9-21-16/h1-3,5-6,9,11,18H,4,7-8,10,12-15H2. The van der Waals surface area contributed by atoms with E-state index in [1.165, 1.54) is 6.26 Å². The number of hydrogen-bond donors (Lipinski definition) is 0. The Morgan fingerprint density at radius 2 is 2.31 bits per heavy atom. The monoisotopic (exact) mass is 356 g/mol. The van der Waals surface area contributed by atoms with Crippen LogP contribution >= 0.6 is 0 Å². The summed E-state index contributed by atoms with van der Waals surface area (Å²) in [5, 5.41) is 0. The number of carbonyl (C=O) groups is 1. The van der Waals surface area contributed by atoms with Gasteiger partial charge in [0.25, 0.3) is 5.91 Å². The summed E-state index contributed by atoms with van der Waals surface area (Å²) in [6.07, 6.45) is 6.28. The van der Waals surface area contributed by atoms with Crippen LogP contribution in [0.25, 0.3) is 0 Å². The van der Waals surface area contributed by atoms with Crippen molar-refractivity contribution in [3.05, 3.63) is 54.2 Å². The van der Waals surface area contributed by atoms with Crippen LogP contribution in [0.2, 0.25) is 0 Å². The van der Waals surface area contributed by atoms with Crippen LogP contribution < -0.4 is 0 Å². The summed E-state index contributed by atoms with van der Waals surface area (Å²) in [6, 6.07) is 9.28. The van der Waals surface area contributed by atoms with Crippen LogP contribution in [0.15, 0.2) is 47.2 Å². The van der Waals surface area contributed by atoms with Crippen LogP contribution in [0.3, 0.4) is 0 Å².